The fourth-order valence-corrected chi connectivity index (χ4v) is 5.39. The molecule has 208 valence electrons. The van der Waals surface area contributed by atoms with E-state index in [1.165, 1.54) is 0 Å². The van der Waals surface area contributed by atoms with E-state index in [1.54, 1.807) is 11.0 Å². The van der Waals surface area contributed by atoms with E-state index >= 15 is 0 Å². The number of hydrogen-bond acceptors (Lipinski definition) is 8. The maximum atomic E-state index is 12.7. The van der Waals surface area contributed by atoms with Gasteiger partial charge in [0.1, 0.15) is 12.2 Å². The number of fused-ring (bicyclic) bond motifs is 1. The smallest absolute Gasteiger partial charge is 0.296 e. The fourth-order valence-electron chi connectivity index (χ4n) is 5.13. The van der Waals surface area contributed by atoms with Gasteiger partial charge in [0.25, 0.3) is 11.9 Å². The van der Waals surface area contributed by atoms with Gasteiger partial charge in [-0.2, -0.15) is 4.98 Å². The predicted molar refractivity (Wildman–Crippen MR) is 148 cm³/mol. The number of H-pyrrole nitrogens is 1. The van der Waals surface area contributed by atoms with Crippen molar-refractivity contribution in [3.05, 3.63) is 65.2 Å². The number of hydrogen-bond donors (Lipinski definition) is 4. The van der Waals surface area contributed by atoms with Crippen LogP contribution < -0.4 is 4.74 Å². The Morgan fingerprint density at radius 3 is 2.42 bits per heavy atom. The highest BCUT2D eigenvalue weighted by Crippen LogP contribution is 2.32. The molecular weight excluding hydrogens is 536 g/mol. The number of likely N-dealkylation sites (tertiary alicyclic amines) is 1. The van der Waals surface area contributed by atoms with Gasteiger partial charge >= 0.3 is 0 Å². The zero-order valence-electron chi connectivity index (χ0n) is 21.5. The molecule has 4 N–H and O–H groups in total. The van der Waals surface area contributed by atoms with Crippen LogP contribution in [0.2, 0.25) is 5.02 Å². The first-order valence-corrected chi connectivity index (χ1v) is 13.6. The van der Waals surface area contributed by atoms with Gasteiger partial charge in [-0.1, -0.05) is 48.0 Å². The first-order valence-electron chi connectivity index (χ1n) is 13.2. The SMILES string of the molecule is O=C(c1ccc(-c2ccc(-c3nc4nc(O[C@H]5CO[C@H](CO)[C@@H](O)C5)[nH]c4cc3Cl)cc2)cc1)N1CCC(O)C1. The zero-order chi connectivity index (χ0) is 27.8. The number of ether oxygens (including phenoxy) is 2. The normalized spacial score (nSPS) is 23.1. The number of benzene rings is 2. The third-order valence-electron chi connectivity index (χ3n) is 7.37. The van der Waals surface area contributed by atoms with Crippen LogP contribution in [0.4, 0.5) is 0 Å². The first-order chi connectivity index (χ1) is 19.4. The topological polar surface area (TPSA) is 141 Å². The van der Waals surface area contributed by atoms with E-state index in [0.29, 0.717) is 53.4 Å². The average Bonchev–Trinajstić information content (AvgIpc) is 3.57. The van der Waals surface area contributed by atoms with E-state index in [0.717, 1.165) is 16.7 Å². The molecule has 0 saturated carbocycles. The number of imidazole rings is 1. The van der Waals surface area contributed by atoms with Crippen LogP contribution in [0, 0.1) is 0 Å². The van der Waals surface area contributed by atoms with Crippen LogP contribution in [0.25, 0.3) is 33.5 Å². The highest BCUT2D eigenvalue weighted by molar-refractivity contribution is 6.33. The molecule has 11 heteroatoms. The molecule has 0 spiro atoms. The summed E-state index contributed by atoms with van der Waals surface area (Å²) in [6.45, 7) is 0.933. The lowest BCUT2D eigenvalue weighted by atomic mass is 10.0. The molecule has 10 nitrogen and oxygen atoms in total. The Morgan fingerprint density at radius 1 is 1.07 bits per heavy atom. The number of halogens is 1. The number of nitrogens with one attached hydrogen (secondary N) is 1. The van der Waals surface area contributed by atoms with E-state index in [9.17, 15) is 20.1 Å². The summed E-state index contributed by atoms with van der Waals surface area (Å²) in [5.41, 5.74) is 5.00. The summed E-state index contributed by atoms with van der Waals surface area (Å²) in [5, 5.41) is 29.5. The molecule has 2 aliphatic rings. The molecule has 40 heavy (non-hydrogen) atoms. The molecule has 1 unspecified atom stereocenters. The van der Waals surface area contributed by atoms with Gasteiger partial charge < -0.3 is 34.7 Å². The van der Waals surface area contributed by atoms with Crippen molar-refractivity contribution in [1.29, 1.82) is 0 Å². The van der Waals surface area contributed by atoms with Crippen LogP contribution in [0.3, 0.4) is 0 Å². The standard InChI is InChI=1S/C29H29ClN4O6/c30-22-12-23-27(33-29(31-23)40-21-11-24(37)25(14-35)39-15-21)32-26(22)18-5-1-16(2-6-18)17-3-7-19(8-4-17)28(38)34-10-9-20(36)13-34/h1-8,12,20-21,24-25,35-37H,9-11,13-15H2,(H,31,32,33)/t20?,21-,24+,25-/m1/s1. The van der Waals surface area contributed by atoms with Gasteiger partial charge in [0, 0.05) is 30.6 Å². The Bertz CT molecular complexity index is 1510. The van der Waals surface area contributed by atoms with Gasteiger partial charge in [0.15, 0.2) is 5.65 Å². The van der Waals surface area contributed by atoms with Crippen LogP contribution in [-0.2, 0) is 4.74 Å². The minimum Gasteiger partial charge on any atom is -0.459 e. The first kappa shape index (κ1) is 26.7. The second-order valence-corrected chi connectivity index (χ2v) is 10.6. The monoisotopic (exact) mass is 564 g/mol. The molecule has 4 aromatic rings. The van der Waals surface area contributed by atoms with E-state index in [4.69, 9.17) is 21.1 Å². The number of aliphatic hydroxyl groups excluding tert-OH is 3. The Balaban J connectivity index is 1.16. The van der Waals surface area contributed by atoms with Crippen molar-refractivity contribution in [2.24, 2.45) is 0 Å². The van der Waals surface area contributed by atoms with Gasteiger partial charge in [0.05, 0.1) is 41.7 Å². The minimum atomic E-state index is -0.819. The zero-order valence-corrected chi connectivity index (χ0v) is 22.3. The highest BCUT2D eigenvalue weighted by Gasteiger charge is 2.31. The second kappa shape index (κ2) is 11.1. The summed E-state index contributed by atoms with van der Waals surface area (Å²) in [5.74, 6) is -0.0681. The number of carbonyl (C=O) groups excluding carboxylic acids is 1. The van der Waals surface area contributed by atoms with Crippen molar-refractivity contribution in [3.8, 4) is 28.4 Å². The molecule has 4 atom stereocenters. The number of aromatic nitrogens is 3. The Morgan fingerprint density at radius 2 is 1.77 bits per heavy atom. The number of aromatic amines is 1. The van der Waals surface area contributed by atoms with Crippen LogP contribution in [0.15, 0.2) is 54.6 Å². The fraction of sp³-hybridized carbons (Fsp3) is 0.345. The summed E-state index contributed by atoms with van der Waals surface area (Å²) in [7, 11) is 0. The molecule has 0 bridgehead atoms. The van der Waals surface area contributed by atoms with Crippen molar-refractivity contribution in [1.82, 2.24) is 19.9 Å². The summed E-state index contributed by atoms with van der Waals surface area (Å²) >= 11 is 6.58. The molecule has 2 fully saturated rings. The lowest BCUT2D eigenvalue weighted by Crippen LogP contribution is -2.45. The van der Waals surface area contributed by atoms with Crippen LogP contribution in [0.1, 0.15) is 23.2 Å². The molecule has 2 aliphatic heterocycles. The lowest BCUT2D eigenvalue weighted by Gasteiger charge is -2.31. The Labute approximate surface area is 235 Å². The van der Waals surface area contributed by atoms with Gasteiger partial charge in [-0.3, -0.25) is 4.79 Å². The molecule has 2 aromatic carbocycles. The molecule has 2 saturated heterocycles. The number of nitrogens with zero attached hydrogens (tertiary/aromatic N) is 3. The van der Waals surface area contributed by atoms with E-state index in [2.05, 4.69) is 15.0 Å². The third-order valence-corrected chi connectivity index (χ3v) is 7.66. The predicted octanol–water partition coefficient (Wildman–Crippen LogP) is 3.04. The molecule has 4 heterocycles. The van der Waals surface area contributed by atoms with Crippen LogP contribution >= 0.6 is 11.6 Å². The summed E-state index contributed by atoms with van der Waals surface area (Å²) in [6.07, 6.45) is -1.35. The third kappa shape index (κ3) is 5.41. The molecule has 1 amide bonds. The second-order valence-electron chi connectivity index (χ2n) is 10.2. The van der Waals surface area contributed by atoms with Crippen molar-refractivity contribution >= 4 is 28.7 Å². The van der Waals surface area contributed by atoms with Gasteiger partial charge in [-0.25, -0.2) is 4.98 Å². The van der Waals surface area contributed by atoms with Gasteiger partial charge in [-0.05, 0) is 35.7 Å². The van der Waals surface area contributed by atoms with Gasteiger partial charge in [-0.15, -0.1) is 0 Å². The van der Waals surface area contributed by atoms with Crippen molar-refractivity contribution in [3.63, 3.8) is 0 Å². The molecule has 6 rings (SSSR count). The molecule has 0 aliphatic carbocycles. The maximum absolute atomic E-state index is 12.7. The average molecular weight is 565 g/mol. The lowest BCUT2D eigenvalue weighted by molar-refractivity contribution is -0.131. The number of carbonyl (C=O) groups is 1. The summed E-state index contributed by atoms with van der Waals surface area (Å²) in [4.78, 5) is 26.5. The number of pyridine rings is 1. The Kier molecular flexibility index (Phi) is 7.43. The maximum Gasteiger partial charge on any atom is 0.296 e. The van der Waals surface area contributed by atoms with Crippen molar-refractivity contribution < 1.29 is 29.6 Å². The van der Waals surface area contributed by atoms with E-state index < -0.39 is 24.4 Å². The quantitative estimate of drug-likeness (QED) is 0.280. The van der Waals surface area contributed by atoms with Crippen LogP contribution in [-0.4, -0.2) is 91.8 Å². The summed E-state index contributed by atoms with van der Waals surface area (Å²) in [6, 6.07) is 17.3. The molecular formula is C29H29ClN4O6. The minimum absolute atomic E-state index is 0.0681. The van der Waals surface area contributed by atoms with Gasteiger partial charge in [0.2, 0.25) is 0 Å². The van der Waals surface area contributed by atoms with Crippen molar-refractivity contribution in [2.45, 2.75) is 37.3 Å². The summed E-state index contributed by atoms with van der Waals surface area (Å²) < 4.78 is 11.3. The molecule has 0 radical (unpaired) electrons. The van der Waals surface area contributed by atoms with E-state index in [-0.39, 0.29) is 25.1 Å². The number of amides is 1. The highest BCUT2D eigenvalue weighted by atomic mass is 35.5. The number of rotatable bonds is 6. The number of aliphatic hydroxyl groups is 3. The number of β-amino-alcohol motifs (C(OH)–C–C–N with tert-alkyl or cyclic N) is 1. The Hall–Kier alpha value is -3.54. The largest absolute Gasteiger partial charge is 0.459 e. The molecule has 2 aromatic heterocycles. The van der Waals surface area contributed by atoms with E-state index in [1.807, 2.05) is 48.5 Å². The van der Waals surface area contributed by atoms with Crippen molar-refractivity contribution in [2.75, 3.05) is 26.3 Å². The van der Waals surface area contributed by atoms with Crippen LogP contribution in [0.5, 0.6) is 6.01 Å².